The van der Waals surface area contributed by atoms with E-state index in [2.05, 4.69) is 20.8 Å². The zero-order valence-electron chi connectivity index (χ0n) is 9.16. The highest BCUT2D eigenvalue weighted by molar-refractivity contribution is 5.86. The highest BCUT2D eigenvalue weighted by Crippen LogP contribution is 2.21. The lowest BCUT2D eigenvalue weighted by atomic mass is 9.91. The average Bonchev–Trinajstić information content (AvgIpc) is 2.29. The molecule has 0 aliphatic rings. The van der Waals surface area contributed by atoms with E-state index in [0.717, 1.165) is 12.1 Å². The van der Waals surface area contributed by atoms with Crippen LogP contribution in [0.25, 0.3) is 0 Å². The molecule has 1 heterocycles. The van der Waals surface area contributed by atoms with Crippen LogP contribution in [-0.4, -0.2) is 15.6 Å². The van der Waals surface area contributed by atoms with Crippen molar-refractivity contribution in [3.63, 3.8) is 0 Å². The van der Waals surface area contributed by atoms with E-state index in [0.29, 0.717) is 5.69 Å². The SMILES string of the molecule is Cn1c(CC(C)(C)C)ccc1C(=O)O. The summed E-state index contributed by atoms with van der Waals surface area (Å²) in [4.78, 5) is 10.8. The van der Waals surface area contributed by atoms with Crippen LogP contribution in [0.5, 0.6) is 0 Å². The van der Waals surface area contributed by atoms with Gasteiger partial charge in [0.05, 0.1) is 0 Å². The molecule has 0 radical (unpaired) electrons. The summed E-state index contributed by atoms with van der Waals surface area (Å²) in [6.45, 7) is 6.42. The number of hydrogen-bond acceptors (Lipinski definition) is 1. The summed E-state index contributed by atoms with van der Waals surface area (Å²) in [7, 11) is 1.80. The lowest BCUT2D eigenvalue weighted by Crippen LogP contribution is -2.14. The summed E-state index contributed by atoms with van der Waals surface area (Å²) in [5.74, 6) is -0.868. The Labute approximate surface area is 84.4 Å². The molecule has 0 aliphatic carbocycles. The topological polar surface area (TPSA) is 42.2 Å². The van der Waals surface area contributed by atoms with Crippen molar-refractivity contribution >= 4 is 5.97 Å². The van der Waals surface area contributed by atoms with Crippen molar-refractivity contribution in [2.45, 2.75) is 27.2 Å². The van der Waals surface area contributed by atoms with Gasteiger partial charge in [0.2, 0.25) is 0 Å². The van der Waals surface area contributed by atoms with Gasteiger partial charge in [-0.3, -0.25) is 0 Å². The molecular formula is C11H17NO2. The second-order valence-electron chi connectivity index (χ2n) is 4.81. The van der Waals surface area contributed by atoms with Gasteiger partial charge >= 0.3 is 5.97 Å². The van der Waals surface area contributed by atoms with E-state index >= 15 is 0 Å². The largest absolute Gasteiger partial charge is 0.477 e. The lowest BCUT2D eigenvalue weighted by Gasteiger charge is -2.18. The predicted octanol–water partition coefficient (Wildman–Crippen LogP) is 2.31. The molecule has 1 aromatic heterocycles. The molecule has 0 saturated heterocycles. The average molecular weight is 195 g/mol. The molecule has 0 aromatic carbocycles. The monoisotopic (exact) mass is 195 g/mol. The highest BCUT2D eigenvalue weighted by atomic mass is 16.4. The van der Waals surface area contributed by atoms with Crippen LogP contribution in [0.3, 0.4) is 0 Å². The number of nitrogens with zero attached hydrogens (tertiary/aromatic N) is 1. The first kappa shape index (κ1) is 10.8. The summed E-state index contributed by atoms with van der Waals surface area (Å²) in [6, 6.07) is 3.54. The second kappa shape index (κ2) is 3.48. The molecule has 0 atom stereocenters. The maximum atomic E-state index is 10.8. The van der Waals surface area contributed by atoms with E-state index in [4.69, 9.17) is 5.11 Å². The lowest BCUT2D eigenvalue weighted by molar-refractivity contribution is 0.0686. The van der Waals surface area contributed by atoms with E-state index in [1.54, 1.807) is 17.7 Å². The van der Waals surface area contributed by atoms with Crippen LogP contribution in [0.15, 0.2) is 12.1 Å². The van der Waals surface area contributed by atoms with Gasteiger partial charge in [-0.1, -0.05) is 20.8 Å². The zero-order chi connectivity index (χ0) is 10.9. The number of carboxylic acid groups (broad SMARTS) is 1. The second-order valence-corrected chi connectivity index (χ2v) is 4.81. The van der Waals surface area contributed by atoms with Gasteiger partial charge in [-0.25, -0.2) is 4.79 Å². The normalized spacial score (nSPS) is 11.7. The molecule has 14 heavy (non-hydrogen) atoms. The molecule has 0 spiro atoms. The van der Waals surface area contributed by atoms with Gasteiger partial charge in [0.15, 0.2) is 0 Å². The minimum absolute atomic E-state index is 0.182. The number of hydrogen-bond donors (Lipinski definition) is 1. The fraction of sp³-hybridized carbons (Fsp3) is 0.545. The molecule has 0 fully saturated rings. The highest BCUT2D eigenvalue weighted by Gasteiger charge is 2.16. The Hall–Kier alpha value is -1.25. The van der Waals surface area contributed by atoms with Crippen molar-refractivity contribution in [3.8, 4) is 0 Å². The van der Waals surface area contributed by atoms with Crippen LogP contribution in [0.4, 0.5) is 0 Å². The Morgan fingerprint density at radius 3 is 2.36 bits per heavy atom. The van der Waals surface area contributed by atoms with E-state index < -0.39 is 5.97 Å². The van der Waals surface area contributed by atoms with Crippen LogP contribution in [0.2, 0.25) is 0 Å². The third kappa shape index (κ3) is 2.37. The van der Waals surface area contributed by atoms with Gasteiger partial charge in [-0.2, -0.15) is 0 Å². The van der Waals surface area contributed by atoms with Gasteiger partial charge in [-0.05, 0) is 24.0 Å². The maximum absolute atomic E-state index is 10.8. The smallest absolute Gasteiger partial charge is 0.352 e. The first-order valence-corrected chi connectivity index (χ1v) is 4.69. The molecule has 1 N–H and O–H groups in total. The maximum Gasteiger partial charge on any atom is 0.352 e. The Morgan fingerprint density at radius 2 is 2.00 bits per heavy atom. The number of aromatic nitrogens is 1. The first-order valence-electron chi connectivity index (χ1n) is 4.69. The van der Waals surface area contributed by atoms with Crippen molar-refractivity contribution in [3.05, 3.63) is 23.5 Å². The molecule has 0 amide bonds. The van der Waals surface area contributed by atoms with Crippen LogP contribution in [0.1, 0.15) is 37.0 Å². The summed E-state index contributed by atoms with van der Waals surface area (Å²) in [5, 5.41) is 8.86. The number of aromatic carboxylic acids is 1. The fourth-order valence-electron chi connectivity index (χ4n) is 1.49. The van der Waals surface area contributed by atoms with Crippen molar-refractivity contribution < 1.29 is 9.90 Å². The van der Waals surface area contributed by atoms with E-state index in [9.17, 15) is 4.79 Å². The Kier molecular flexibility index (Phi) is 2.69. The van der Waals surface area contributed by atoms with Crippen LogP contribution in [0, 0.1) is 5.41 Å². The quantitative estimate of drug-likeness (QED) is 0.786. The molecule has 1 rings (SSSR count). The Balaban J connectivity index is 2.96. The van der Waals surface area contributed by atoms with Crippen molar-refractivity contribution in [1.82, 2.24) is 4.57 Å². The Bertz CT molecular complexity index is 345. The van der Waals surface area contributed by atoms with Gasteiger partial charge in [0.25, 0.3) is 0 Å². The molecule has 0 bridgehead atoms. The minimum atomic E-state index is -0.868. The molecule has 0 saturated carbocycles. The van der Waals surface area contributed by atoms with Crippen LogP contribution >= 0.6 is 0 Å². The van der Waals surface area contributed by atoms with Gasteiger partial charge < -0.3 is 9.67 Å². The molecule has 3 nitrogen and oxygen atoms in total. The summed E-state index contributed by atoms with van der Waals surface area (Å²) < 4.78 is 1.74. The minimum Gasteiger partial charge on any atom is -0.477 e. The van der Waals surface area contributed by atoms with Crippen molar-refractivity contribution in [2.24, 2.45) is 12.5 Å². The van der Waals surface area contributed by atoms with Crippen molar-refractivity contribution in [1.29, 1.82) is 0 Å². The van der Waals surface area contributed by atoms with Crippen LogP contribution < -0.4 is 0 Å². The third-order valence-corrected chi connectivity index (χ3v) is 2.16. The van der Waals surface area contributed by atoms with E-state index in [-0.39, 0.29) is 5.41 Å². The first-order chi connectivity index (χ1) is 6.31. The molecular weight excluding hydrogens is 178 g/mol. The van der Waals surface area contributed by atoms with Gasteiger partial charge in [-0.15, -0.1) is 0 Å². The van der Waals surface area contributed by atoms with E-state index in [1.807, 2.05) is 6.07 Å². The predicted molar refractivity (Wildman–Crippen MR) is 55.5 cm³/mol. The summed E-state index contributed by atoms with van der Waals surface area (Å²) >= 11 is 0. The number of carbonyl (C=O) groups is 1. The van der Waals surface area contributed by atoms with Crippen molar-refractivity contribution in [2.75, 3.05) is 0 Å². The van der Waals surface area contributed by atoms with Gasteiger partial charge in [0, 0.05) is 12.7 Å². The molecule has 3 heteroatoms. The number of carboxylic acids is 1. The zero-order valence-corrected chi connectivity index (χ0v) is 9.16. The molecule has 1 aromatic rings. The fourth-order valence-corrected chi connectivity index (χ4v) is 1.49. The third-order valence-electron chi connectivity index (χ3n) is 2.16. The van der Waals surface area contributed by atoms with E-state index in [1.165, 1.54) is 0 Å². The number of rotatable bonds is 2. The Morgan fingerprint density at radius 1 is 1.43 bits per heavy atom. The summed E-state index contributed by atoms with van der Waals surface area (Å²) in [5.41, 5.74) is 1.60. The van der Waals surface area contributed by atoms with Gasteiger partial charge in [0.1, 0.15) is 5.69 Å². The standard InChI is InChI=1S/C11H17NO2/c1-11(2,3)7-8-5-6-9(10(13)14)12(8)4/h5-6H,7H2,1-4H3,(H,13,14). The van der Waals surface area contributed by atoms with Crippen LogP contribution in [-0.2, 0) is 13.5 Å². The molecule has 0 aliphatic heterocycles. The molecule has 0 unspecified atom stereocenters. The molecule has 78 valence electrons. The summed E-state index contributed by atoms with van der Waals surface area (Å²) in [6.07, 6.45) is 0.886.